The maximum Gasteiger partial charge on any atom is 0.251 e. The summed E-state index contributed by atoms with van der Waals surface area (Å²) in [5.74, 6) is 0.00996. The van der Waals surface area contributed by atoms with Crippen LogP contribution in [0.1, 0.15) is 28.4 Å². The molecule has 0 aliphatic carbocycles. The number of hydrogen-bond acceptors (Lipinski definition) is 4. The normalized spacial score (nSPS) is 18.1. The van der Waals surface area contributed by atoms with E-state index in [0.717, 1.165) is 38.2 Å². The van der Waals surface area contributed by atoms with Crippen molar-refractivity contribution in [2.24, 2.45) is 0 Å². The maximum atomic E-state index is 12.4. The third kappa shape index (κ3) is 2.76. The summed E-state index contributed by atoms with van der Waals surface area (Å²) in [6.07, 6.45) is 0.996. The van der Waals surface area contributed by atoms with Crippen LogP contribution in [0.25, 0.3) is 0 Å². The van der Waals surface area contributed by atoms with Gasteiger partial charge >= 0.3 is 0 Å². The largest absolute Gasteiger partial charge is 0.380 e. The molecule has 1 aromatic carbocycles. The molecule has 0 fully saturated rings. The molecule has 1 aromatic rings. The summed E-state index contributed by atoms with van der Waals surface area (Å²) in [5, 5.41) is 6.40. The molecule has 0 aromatic heterocycles. The zero-order valence-electron chi connectivity index (χ0n) is 12.7. The number of ether oxygens (including phenoxy) is 1. The van der Waals surface area contributed by atoms with Crippen LogP contribution in [0.3, 0.4) is 0 Å². The Hall–Kier alpha value is -1.59. The van der Waals surface area contributed by atoms with Gasteiger partial charge in [-0.15, -0.1) is 0 Å². The number of carbonyl (C=O) groups is 1. The van der Waals surface area contributed by atoms with Crippen LogP contribution in [-0.2, 0) is 17.7 Å². The summed E-state index contributed by atoms with van der Waals surface area (Å²) in [6, 6.07) is 4.06. The number of carbonyl (C=O) groups excluding carboxylic acids is 1. The van der Waals surface area contributed by atoms with Crippen LogP contribution in [0.4, 0.5) is 5.69 Å². The molecule has 2 N–H and O–H groups in total. The number of methoxy groups -OCH3 is 1. The summed E-state index contributed by atoms with van der Waals surface area (Å²) in [5.41, 5.74) is 4.62. The van der Waals surface area contributed by atoms with E-state index in [1.54, 1.807) is 7.11 Å². The molecule has 1 atom stereocenters. The summed E-state index contributed by atoms with van der Waals surface area (Å²) in [7, 11) is 1.66. The van der Waals surface area contributed by atoms with Gasteiger partial charge in [-0.3, -0.25) is 4.79 Å². The van der Waals surface area contributed by atoms with Crippen molar-refractivity contribution < 1.29 is 9.53 Å². The highest BCUT2D eigenvalue weighted by molar-refractivity contribution is 5.98. The molecule has 0 spiro atoms. The highest BCUT2D eigenvalue weighted by Gasteiger charge is 2.28. The number of amides is 1. The lowest BCUT2D eigenvalue weighted by molar-refractivity contribution is 0.0870. The van der Waals surface area contributed by atoms with E-state index < -0.39 is 0 Å². The average Bonchev–Trinajstić information content (AvgIpc) is 2.81. The van der Waals surface area contributed by atoms with Crippen molar-refractivity contribution in [1.29, 1.82) is 0 Å². The molecular weight excluding hydrogens is 266 g/mol. The predicted molar refractivity (Wildman–Crippen MR) is 82.9 cm³/mol. The van der Waals surface area contributed by atoms with E-state index in [9.17, 15) is 4.79 Å². The second-order valence-electron chi connectivity index (χ2n) is 5.77. The molecular formula is C16H23N3O2. The van der Waals surface area contributed by atoms with Crippen molar-refractivity contribution >= 4 is 11.6 Å². The van der Waals surface area contributed by atoms with Crippen LogP contribution in [0, 0.1) is 0 Å². The topological polar surface area (TPSA) is 53.6 Å². The molecule has 0 saturated carbocycles. The number of nitrogens with one attached hydrogen (secondary N) is 2. The first kappa shape index (κ1) is 14.4. The highest BCUT2D eigenvalue weighted by atomic mass is 16.5. The number of nitrogens with zero attached hydrogens (tertiary/aromatic N) is 1. The molecule has 0 bridgehead atoms. The van der Waals surface area contributed by atoms with E-state index in [4.69, 9.17) is 4.74 Å². The minimum Gasteiger partial charge on any atom is -0.380 e. The molecule has 0 saturated heterocycles. The SMILES string of the molecule is COC(C)CNC(=O)c1ccc2c3c1CCN3CCNC2. The quantitative estimate of drug-likeness (QED) is 0.865. The minimum atomic E-state index is 0.00996. The van der Waals surface area contributed by atoms with Gasteiger partial charge in [0.25, 0.3) is 5.91 Å². The molecule has 5 heteroatoms. The molecule has 3 rings (SSSR count). The zero-order valence-corrected chi connectivity index (χ0v) is 12.7. The van der Waals surface area contributed by atoms with Crippen molar-refractivity contribution in [3.8, 4) is 0 Å². The molecule has 2 aliphatic rings. The van der Waals surface area contributed by atoms with E-state index in [0.29, 0.717) is 6.54 Å². The van der Waals surface area contributed by atoms with Gasteiger partial charge in [-0.1, -0.05) is 6.07 Å². The van der Waals surface area contributed by atoms with E-state index in [1.807, 2.05) is 13.0 Å². The summed E-state index contributed by atoms with van der Waals surface area (Å²) in [6.45, 7) is 6.41. The molecule has 0 radical (unpaired) electrons. The first-order valence-electron chi connectivity index (χ1n) is 7.62. The maximum absolute atomic E-state index is 12.4. The van der Waals surface area contributed by atoms with Crippen molar-refractivity contribution in [2.75, 3.05) is 38.2 Å². The van der Waals surface area contributed by atoms with Gasteiger partial charge in [-0.05, 0) is 30.5 Å². The number of rotatable bonds is 4. The molecule has 5 nitrogen and oxygen atoms in total. The zero-order chi connectivity index (χ0) is 14.8. The standard InChI is InChI=1S/C16H23N3O2/c1-11(21-2)9-18-16(20)14-4-3-12-10-17-6-8-19-7-5-13(14)15(12)19/h3-4,11,17H,5-10H2,1-2H3,(H,18,20). The van der Waals surface area contributed by atoms with Gasteiger partial charge < -0.3 is 20.3 Å². The Labute approximate surface area is 125 Å². The Morgan fingerprint density at radius 2 is 2.33 bits per heavy atom. The lowest BCUT2D eigenvalue weighted by Gasteiger charge is -2.19. The second-order valence-corrected chi connectivity index (χ2v) is 5.77. The molecule has 1 unspecified atom stereocenters. The van der Waals surface area contributed by atoms with Gasteiger partial charge in [-0.2, -0.15) is 0 Å². The fourth-order valence-corrected chi connectivity index (χ4v) is 3.12. The van der Waals surface area contributed by atoms with Gasteiger partial charge in [0.05, 0.1) is 6.10 Å². The number of benzene rings is 1. The van der Waals surface area contributed by atoms with E-state index in [-0.39, 0.29) is 12.0 Å². The Balaban J connectivity index is 1.85. The lowest BCUT2D eigenvalue weighted by Crippen LogP contribution is -2.32. The van der Waals surface area contributed by atoms with Crippen molar-refractivity contribution in [2.45, 2.75) is 26.0 Å². The van der Waals surface area contributed by atoms with Crippen molar-refractivity contribution in [1.82, 2.24) is 10.6 Å². The van der Waals surface area contributed by atoms with E-state index in [2.05, 4.69) is 21.6 Å². The first-order valence-corrected chi connectivity index (χ1v) is 7.62. The van der Waals surface area contributed by atoms with Gasteiger partial charge in [-0.25, -0.2) is 0 Å². The highest BCUT2D eigenvalue weighted by Crippen LogP contribution is 2.35. The molecule has 2 heterocycles. The first-order chi connectivity index (χ1) is 10.2. The van der Waals surface area contributed by atoms with Crippen LogP contribution in [-0.4, -0.2) is 45.3 Å². The van der Waals surface area contributed by atoms with E-state index >= 15 is 0 Å². The number of hydrogen-bond donors (Lipinski definition) is 2. The van der Waals surface area contributed by atoms with Crippen LogP contribution < -0.4 is 15.5 Å². The smallest absolute Gasteiger partial charge is 0.251 e. The molecule has 1 amide bonds. The third-order valence-corrected chi connectivity index (χ3v) is 4.39. The summed E-state index contributed by atoms with van der Waals surface area (Å²) >= 11 is 0. The monoisotopic (exact) mass is 289 g/mol. The fraction of sp³-hybridized carbons (Fsp3) is 0.562. The van der Waals surface area contributed by atoms with Crippen LogP contribution in [0.5, 0.6) is 0 Å². The lowest BCUT2D eigenvalue weighted by atomic mass is 10.00. The van der Waals surface area contributed by atoms with E-state index in [1.165, 1.54) is 16.8 Å². The minimum absolute atomic E-state index is 0.00996. The van der Waals surface area contributed by atoms with Gasteiger partial charge in [0.1, 0.15) is 0 Å². The van der Waals surface area contributed by atoms with Crippen LogP contribution in [0.15, 0.2) is 12.1 Å². The number of anilines is 1. The molecule has 2 aliphatic heterocycles. The molecule has 21 heavy (non-hydrogen) atoms. The Bertz CT molecular complexity index is 545. The Kier molecular flexibility index (Phi) is 4.12. The van der Waals surface area contributed by atoms with Crippen molar-refractivity contribution in [3.63, 3.8) is 0 Å². The third-order valence-electron chi connectivity index (χ3n) is 4.39. The van der Waals surface area contributed by atoms with Crippen LogP contribution >= 0.6 is 0 Å². The van der Waals surface area contributed by atoms with Gasteiger partial charge in [0.15, 0.2) is 0 Å². The summed E-state index contributed by atoms with van der Waals surface area (Å²) < 4.78 is 5.18. The summed E-state index contributed by atoms with van der Waals surface area (Å²) in [4.78, 5) is 14.8. The fourth-order valence-electron chi connectivity index (χ4n) is 3.12. The van der Waals surface area contributed by atoms with Crippen LogP contribution in [0.2, 0.25) is 0 Å². The predicted octanol–water partition coefficient (Wildman–Crippen LogP) is 0.917. The van der Waals surface area contributed by atoms with Crippen molar-refractivity contribution in [3.05, 3.63) is 28.8 Å². The Morgan fingerprint density at radius 1 is 1.48 bits per heavy atom. The van der Waals surface area contributed by atoms with Gasteiger partial charge in [0.2, 0.25) is 0 Å². The molecule has 114 valence electrons. The average molecular weight is 289 g/mol. The second kappa shape index (κ2) is 6.03. The Morgan fingerprint density at radius 3 is 3.14 bits per heavy atom. The van der Waals surface area contributed by atoms with Gasteiger partial charge in [0, 0.05) is 51.1 Å².